The summed E-state index contributed by atoms with van der Waals surface area (Å²) >= 11 is 0. The van der Waals surface area contributed by atoms with E-state index in [0.29, 0.717) is 0 Å². The van der Waals surface area contributed by atoms with Gasteiger partial charge in [-0.05, 0) is 71.4 Å². The highest BCUT2D eigenvalue weighted by Crippen LogP contribution is 2.35. The van der Waals surface area contributed by atoms with Crippen molar-refractivity contribution in [1.29, 1.82) is 0 Å². The van der Waals surface area contributed by atoms with E-state index >= 15 is 0 Å². The van der Waals surface area contributed by atoms with Crippen molar-refractivity contribution in [2.75, 3.05) is 4.90 Å². The number of aromatic amines is 1. The Morgan fingerprint density at radius 1 is 0.531 bits per heavy atom. The maximum atomic E-state index is 4.85. The molecular formula is C29H21N3. The second kappa shape index (κ2) is 7.71. The number of imidazole rings is 1. The van der Waals surface area contributed by atoms with E-state index in [1.807, 2.05) is 12.1 Å². The largest absolute Gasteiger partial charge is 0.338 e. The summed E-state index contributed by atoms with van der Waals surface area (Å²) in [6, 6.07) is 42.1. The summed E-state index contributed by atoms with van der Waals surface area (Å²) in [4.78, 5) is 10.6. The third kappa shape index (κ3) is 3.30. The molecule has 0 aliphatic heterocycles. The molecule has 1 N–H and O–H groups in total. The van der Waals surface area contributed by atoms with E-state index in [4.69, 9.17) is 4.98 Å². The quantitative estimate of drug-likeness (QED) is 0.320. The fourth-order valence-corrected chi connectivity index (χ4v) is 4.20. The van der Waals surface area contributed by atoms with Gasteiger partial charge in [0.15, 0.2) is 0 Å². The van der Waals surface area contributed by atoms with Gasteiger partial charge in [-0.15, -0.1) is 0 Å². The molecule has 3 nitrogen and oxygen atoms in total. The van der Waals surface area contributed by atoms with Crippen LogP contribution in [0.15, 0.2) is 121 Å². The Labute approximate surface area is 186 Å². The van der Waals surface area contributed by atoms with Gasteiger partial charge in [0, 0.05) is 22.6 Å². The predicted octanol–water partition coefficient (Wildman–Crippen LogP) is 7.85. The van der Waals surface area contributed by atoms with Crippen molar-refractivity contribution in [3.8, 4) is 11.4 Å². The fourth-order valence-electron chi connectivity index (χ4n) is 4.20. The van der Waals surface area contributed by atoms with Crippen LogP contribution in [0, 0.1) is 0 Å². The zero-order valence-corrected chi connectivity index (χ0v) is 17.4. The summed E-state index contributed by atoms with van der Waals surface area (Å²) in [5, 5.41) is 2.42. The van der Waals surface area contributed by atoms with E-state index in [1.54, 1.807) is 0 Å². The molecule has 3 heteroatoms. The second-order valence-electron chi connectivity index (χ2n) is 7.86. The Hall–Kier alpha value is -4.37. The van der Waals surface area contributed by atoms with Crippen molar-refractivity contribution < 1.29 is 0 Å². The monoisotopic (exact) mass is 411 g/mol. The van der Waals surface area contributed by atoms with Gasteiger partial charge in [0.25, 0.3) is 0 Å². The van der Waals surface area contributed by atoms with E-state index in [1.165, 1.54) is 10.8 Å². The number of nitrogens with one attached hydrogen (secondary N) is 1. The molecule has 0 aliphatic rings. The number of anilines is 3. The minimum atomic E-state index is 0.882. The summed E-state index contributed by atoms with van der Waals surface area (Å²) in [6.45, 7) is 0. The van der Waals surface area contributed by atoms with Gasteiger partial charge in [-0.25, -0.2) is 4.98 Å². The average Bonchev–Trinajstić information content (AvgIpc) is 3.27. The molecule has 6 aromatic rings. The highest BCUT2D eigenvalue weighted by molar-refractivity contribution is 5.96. The predicted molar refractivity (Wildman–Crippen MR) is 134 cm³/mol. The third-order valence-electron chi connectivity index (χ3n) is 5.78. The van der Waals surface area contributed by atoms with E-state index in [9.17, 15) is 0 Å². The van der Waals surface area contributed by atoms with Crippen molar-refractivity contribution >= 4 is 38.9 Å². The lowest BCUT2D eigenvalue weighted by atomic mass is 10.1. The van der Waals surface area contributed by atoms with Gasteiger partial charge in [-0.3, -0.25) is 0 Å². The average molecular weight is 412 g/mol. The molecule has 0 unspecified atom stereocenters. The van der Waals surface area contributed by atoms with E-state index in [2.05, 4.69) is 119 Å². The van der Waals surface area contributed by atoms with E-state index in [0.717, 1.165) is 39.5 Å². The molecule has 0 amide bonds. The van der Waals surface area contributed by atoms with Gasteiger partial charge in [0.05, 0.1) is 11.0 Å². The SMILES string of the molecule is c1ccc(N(c2ccccc2)c2ccc(-c3nc4cc5ccccc5cc4[nH]3)cc2)cc1. The smallest absolute Gasteiger partial charge is 0.138 e. The number of nitrogens with zero attached hydrogens (tertiary/aromatic N) is 2. The van der Waals surface area contributed by atoms with Crippen LogP contribution in [0.4, 0.5) is 17.1 Å². The van der Waals surface area contributed by atoms with Crippen LogP contribution in [-0.2, 0) is 0 Å². The lowest BCUT2D eigenvalue weighted by Crippen LogP contribution is -2.09. The lowest BCUT2D eigenvalue weighted by Gasteiger charge is -2.25. The first-order valence-electron chi connectivity index (χ1n) is 10.7. The molecule has 152 valence electrons. The summed E-state index contributed by atoms with van der Waals surface area (Å²) < 4.78 is 0. The third-order valence-corrected chi connectivity index (χ3v) is 5.78. The van der Waals surface area contributed by atoms with Crippen LogP contribution in [0.1, 0.15) is 0 Å². The molecule has 0 spiro atoms. The minimum absolute atomic E-state index is 0.882. The first-order valence-corrected chi connectivity index (χ1v) is 10.7. The zero-order valence-electron chi connectivity index (χ0n) is 17.4. The molecule has 0 saturated carbocycles. The Bertz CT molecular complexity index is 1410. The van der Waals surface area contributed by atoms with Crippen LogP contribution in [-0.4, -0.2) is 9.97 Å². The lowest BCUT2D eigenvalue weighted by molar-refractivity contribution is 1.28. The standard InChI is InChI=1S/C29H21N3/c1-3-11-24(12-4-1)32(25-13-5-2-6-14-25)26-17-15-21(16-18-26)29-30-27-19-22-9-7-8-10-23(22)20-28(27)31-29/h1-20H,(H,30,31). The molecule has 32 heavy (non-hydrogen) atoms. The zero-order chi connectivity index (χ0) is 21.3. The molecule has 0 radical (unpaired) electrons. The Morgan fingerprint density at radius 2 is 1.06 bits per heavy atom. The first-order chi connectivity index (χ1) is 15.8. The number of hydrogen-bond donors (Lipinski definition) is 1. The van der Waals surface area contributed by atoms with Crippen molar-refractivity contribution in [1.82, 2.24) is 9.97 Å². The molecule has 0 bridgehead atoms. The highest BCUT2D eigenvalue weighted by Gasteiger charge is 2.13. The van der Waals surface area contributed by atoms with Gasteiger partial charge in [-0.1, -0.05) is 60.7 Å². The molecular weight excluding hydrogens is 390 g/mol. The van der Waals surface area contributed by atoms with Crippen LogP contribution in [0.5, 0.6) is 0 Å². The van der Waals surface area contributed by atoms with Gasteiger partial charge in [-0.2, -0.15) is 0 Å². The summed E-state index contributed by atoms with van der Waals surface area (Å²) in [5.74, 6) is 0.882. The second-order valence-corrected chi connectivity index (χ2v) is 7.86. The van der Waals surface area contributed by atoms with Gasteiger partial charge < -0.3 is 9.88 Å². The molecule has 6 rings (SSSR count). The van der Waals surface area contributed by atoms with Crippen LogP contribution in [0.3, 0.4) is 0 Å². The molecule has 0 saturated heterocycles. The molecule has 0 aliphatic carbocycles. The van der Waals surface area contributed by atoms with Crippen molar-refractivity contribution in [3.63, 3.8) is 0 Å². The summed E-state index contributed by atoms with van der Waals surface area (Å²) in [6.07, 6.45) is 0. The maximum Gasteiger partial charge on any atom is 0.138 e. The normalized spacial score (nSPS) is 11.1. The number of hydrogen-bond acceptors (Lipinski definition) is 2. The number of rotatable bonds is 4. The fraction of sp³-hybridized carbons (Fsp3) is 0. The Balaban J connectivity index is 1.40. The van der Waals surface area contributed by atoms with Gasteiger partial charge in [0.1, 0.15) is 5.82 Å². The van der Waals surface area contributed by atoms with Crippen LogP contribution < -0.4 is 4.90 Å². The summed E-state index contributed by atoms with van der Waals surface area (Å²) in [7, 11) is 0. The van der Waals surface area contributed by atoms with E-state index in [-0.39, 0.29) is 0 Å². The molecule has 0 atom stereocenters. The van der Waals surface area contributed by atoms with Crippen LogP contribution in [0.2, 0.25) is 0 Å². The maximum absolute atomic E-state index is 4.85. The van der Waals surface area contributed by atoms with Crippen molar-refractivity contribution in [2.45, 2.75) is 0 Å². The van der Waals surface area contributed by atoms with E-state index < -0.39 is 0 Å². The number of benzene rings is 5. The first kappa shape index (κ1) is 18.4. The van der Waals surface area contributed by atoms with Crippen molar-refractivity contribution in [2.24, 2.45) is 0 Å². The topological polar surface area (TPSA) is 31.9 Å². The van der Waals surface area contributed by atoms with Crippen molar-refractivity contribution in [3.05, 3.63) is 121 Å². The Morgan fingerprint density at radius 3 is 1.69 bits per heavy atom. The number of aromatic nitrogens is 2. The van der Waals surface area contributed by atoms with Gasteiger partial charge >= 0.3 is 0 Å². The minimum Gasteiger partial charge on any atom is -0.338 e. The molecule has 0 fully saturated rings. The van der Waals surface area contributed by atoms with Gasteiger partial charge in [0.2, 0.25) is 0 Å². The number of H-pyrrole nitrogens is 1. The number of para-hydroxylation sites is 2. The molecule has 1 aromatic heterocycles. The highest BCUT2D eigenvalue weighted by atomic mass is 15.1. The van der Waals surface area contributed by atoms with Crippen LogP contribution in [0.25, 0.3) is 33.2 Å². The molecule has 5 aromatic carbocycles. The Kier molecular flexibility index (Phi) is 4.43. The summed E-state index contributed by atoms with van der Waals surface area (Å²) in [5.41, 5.74) is 6.46. The van der Waals surface area contributed by atoms with Crippen LogP contribution >= 0.6 is 0 Å². The molecule has 1 heterocycles. The number of fused-ring (bicyclic) bond motifs is 2.